The summed E-state index contributed by atoms with van der Waals surface area (Å²) in [6.45, 7) is 0.888. The second-order valence-corrected chi connectivity index (χ2v) is 17.5. The Morgan fingerprint density at radius 3 is 0.945 bits per heavy atom. The molecule has 0 saturated heterocycles. The fourth-order valence-corrected chi connectivity index (χ4v) is 10.4. The Bertz CT molecular complexity index is 4090. The van der Waals surface area contributed by atoms with Crippen molar-refractivity contribution in [3.05, 3.63) is 216 Å². The molecule has 73 heavy (non-hydrogen) atoms. The molecule has 0 fully saturated rings. The molecule has 13 rings (SSSR count). The van der Waals surface area contributed by atoms with Crippen LogP contribution in [-0.4, -0.2) is 28.7 Å². The van der Waals surface area contributed by atoms with Crippen molar-refractivity contribution in [1.29, 1.82) is 0 Å². The summed E-state index contributed by atoms with van der Waals surface area (Å²) in [6.07, 6.45) is 0. The molecule has 0 bridgehead atoms. The van der Waals surface area contributed by atoms with E-state index in [4.69, 9.17) is 0 Å². The largest absolute Gasteiger partial charge is 0.307 e. The fourth-order valence-electron chi connectivity index (χ4n) is 10.4. The van der Waals surface area contributed by atoms with Crippen LogP contribution in [0.5, 0.6) is 0 Å². The van der Waals surface area contributed by atoms with E-state index < -0.39 is 86.5 Å². The number of para-hydroxylation sites is 6. The first kappa shape index (κ1) is 43.8. The van der Waals surface area contributed by atoms with Crippen LogP contribution in [-0.2, 0) is 0 Å². The molecule has 0 spiro atoms. The van der Waals surface area contributed by atoms with Crippen LogP contribution >= 0.6 is 0 Å². The predicted molar refractivity (Wildman–Crippen MR) is 264 cm³/mol. The molecule has 13 aromatic rings. The Morgan fingerprint density at radius 2 is 0.575 bits per heavy atom. The monoisotopic (exact) mass is 980 g/mol. The van der Waals surface area contributed by atoms with E-state index >= 15 is 30.7 Å². The van der Waals surface area contributed by atoms with Gasteiger partial charge in [0, 0.05) is 43.4 Å². The number of aromatic nitrogens is 6. The van der Waals surface area contributed by atoms with Crippen LogP contribution < -0.4 is 0 Å². The summed E-state index contributed by atoms with van der Waals surface area (Å²) in [6, 6.07) is 49.8. The first-order valence-electron chi connectivity index (χ1n) is 22.7. The maximum atomic E-state index is 16.1. The quantitative estimate of drug-likeness (QED) is 0.0948. The standard InChI is InChI=1S/C58H29F9N6/c1-28-44(47(60)51(64)50(63)46(28)59)57-68-56(69-58(70-57)45-48(61)52(65)54(67)53(66)49(45)62)29-26-42(71-36-20-8-2-14-30(36)31-15-3-9-21-37(31)71)55(73-40-24-12-6-18-34(40)35-19-7-13-25-41(35)73)43(27-29)72-38-22-10-4-16-32(38)33-17-5-11-23-39(33)72/h2-27H,1H3. The van der Waals surface area contributed by atoms with Gasteiger partial charge in [-0.3, -0.25) is 0 Å². The zero-order valence-electron chi connectivity index (χ0n) is 37.6. The molecule has 15 heteroatoms. The van der Waals surface area contributed by atoms with Crippen LogP contribution in [0.2, 0.25) is 0 Å². The second kappa shape index (κ2) is 16.1. The van der Waals surface area contributed by atoms with Crippen LogP contribution in [0.25, 0.3) is 117 Å². The van der Waals surface area contributed by atoms with Crippen LogP contribution in [0, 0.1) is 59.3 Å². The number of hydrogen-bond donors (Lipinski definition) is 0. The Balaban J connectivity index is 1.27. The molecule has 0 aliphatic rings. The molecule has 4 aromatic heterocycles. The minimum atomic E-state index is -2.48. The van der Waals surface area contributed by atoms with E-state index in [2.05, 4.69) is 19.5 Å². The zero-order valence-corrected chi connectivity index (χ0v) is 37.6. The van der Waals surface area contributed by atoms with Crippen LogP contribution in [0.1, 0.15) is 5.56 Å². The maximum absolute atomic E-state index is 16.1. The molecule has 0 saturated carbocycles. The molecule has 0 amide bonds. The van der Waals surface area contributed by atoms with Crippen molar-refractivity contribution < 1.29 is 39.5 Å². The summed E-state index contributed by atoms with van der Waals surface area (Å²) in [5.74, 6) is -23.0. The van der Waals surface area contributed by atoms with Crippen molar-refractivity contribution >= 4 is 65.4 Å². The summed E-state index contributed by atoms with van der Waals surface area (Å²) < 4.78 is 145. The third-order valence-electron chi connectivity index (χ3n) is 13.6. The highest BCUT2D eigenvalue weighted by atomic mass is 19.2. The molecule has 9 aromatic carbocycles. The highest BCUT2D eigenvalue weighted by Gasteiger charge is 2.33. The van der Waals surface area contributed by atoms with E-state index in [1.165, 1.54) is 0 Å². The van der Waals surface area contributed by atoms with Gasteiger partial charge in [-0.1, -0.05) is 109 Å². The second-order valence-electron chi connectivity index (χ2n) is 17.5. The molecule has 0 aliphatic heterocycles. The highest BCUT2D eigenvalue weighted by molar-refractivity contribution is 6.14. The van der Waals surface area contributed by atoms with E-state index in [-0.39, 0.29) is 5.56 Å². The van der Waals surface area contributed by atoms with Crippen LogP contribution in [0.15, 0.2) is 158 Å². The topological polar surface area (TPSA) is 53.5 Å². The van der Waals surface area contributed by atoms with Crippen LogP contribution in [0.3, 0.4) is 0 Å². The van der Waals surface area contributed by atoms with Crippen molar-refractivity contribution in [2.24, 2.45) is 0 Å². The van der Waals surface area contributed by atoms with Crippen molar-refractivity contribution in [3.63, 3.8) is 0 Å². The minimum Gasteiger partial charge on any atom is -0.307 e. The third kappa shape index (κ3) is 6.24. The Morgan fingerprint density at radius 1 is 0.301 bits per heavy atom. The normalized spacial score (nSPS) is 12.0. The summed E-state index contributed by atoms with van der Waals surface area (Å²) in [5.41, 5.74) is 2.35. The van der Waals surface area contributed by atoms with Crippen LogP contribution in [0.4, 0.5) is 39.5 Å². The molecular formula is C58H29F9N6. The van der Waals surface area contributed by atoms with E-state index in [1.807, 2.05) is 155 Å². The average molecular weight is 981 g/mol. The van der Waals surface area contributed by atoms with Gasteiger partial charge in [0.05, 0.1) is 61.3 Å². The summed E-state index contributed by atoms with van der Waals surface area (Å²) in [5, 5.41) is 5.26. The number of halogens is 9. The van der Waals surface area contributed by atoms with Gasteiger partial charge in [0.1, 0.15) is 0 Å². The first-order valence-corrected chi connectivity index (χ1v) is 22.7. The lowest BCUT2D eigenvalue weighted by Crippen LogP contribution is -2.12. The Labute approximate surface area is 406 Å². The summed E-state index contributed by atoms with van der Waals surface area (Å²) >= 11 is 0. The number of hydrogen-bond acceptors (Lipinski definition) is 3. The van der Waals surface area contributed by atoms with E-state index in [0.29, 0.717) is 17.1 Å². The number of benzene rings is 9. The predicted octanol–water partition coefficient (Wildman–Crippen LogP) is 15.7. The van der Waals surface area contributed by atoms with Gasteiger partial charge < -0.3 is 13.7 Å². The Kier molecular flexibility index (Phi) is 9.68. The van der Waals surface area contributed by atoms with Crippen molar-refractivity contribution in [2.45, 2.75) is 6.92 Å². The number of fused-ring (bicyclic) bond motifs is 9. The lowest BCUT2D eigenvalue weighted by atomic mass is 10.0. The molecule has 4 heterocycles. The number of rotatable bonds is 6. The summed E-state index contributed by atoms with van der Waals surface area (Å²) in [4.78, 5) is 12.8. The van der Waals surface area contributed by atoms with Crippen molar-refractivity contribution in [3.8, 4) is 51.2 Å². The third-order valence-corrected chi connectivity index (χ3v) is 13.6. The lowest BCUT2D eigenvalue weighted by Gasteiger charge is -2.23. The minimum absolute atomic E-state index is 0.00636. The molecule has 0 atom stereocenters. The number of nitrogens with zero attached hydrogens (tertiary/aromatic N) is 6. The smallest absolute Gasteiger partial charge is 0.200 e. The first-order chi connectivity index (χ1) is 35.4. The molecule has 0 unspecified atom stereocenters. The van der Waals surface area contributed by atoms with Gasteiger partial charge in [0.25, 0.3) is 0 Å². The lowest BCUT2D eigenvalue weighted by molar-refractivity contribution is 0.381. The van der Waals surface area contributed by atoms with E-state index in [1.54, 1.807) is 12.1 Å². The summed E-state index contributed by atoms with van der Waals surface area (Å²) in [7, 11) is 0. The van der Waals surface area contributed by atoms with E-state index in [0.717, 1.165) is 72.3 Å². The molecular weight excluding hydrogens is 952 g/mol. The van der Waals surface area contributed by atoms with Gasteiger partial charge in [-0.05, 0) is 55.5 Å². The SMILES string of the molecule is Cc1c(F)c(F)c(F)c(F)c1-c1nc(-c2cc(-n3c4ccccc4c4ccccc43)c(-n3c4ccccc4c4ccccc43)c(-n3c4ccccc4c4ccccc43)c2)nc(-c2c(F)c(F)c(F)c(F)c2F)n1. The van der Waals surface area contributed by atoms with Crippen molar-refractivity contribution in [1.82, 2.24) is 28.7 Å². The average Bonchev–Trinajstić information content (AvgIpc) is 4.07. The van der Waals surface area contributed by atoms with Crippen molar-refractivity contribution in [2.75, 3.05) is 0 Å². The molecule has 0 N–H and O–H groups in total. The zero-order chi connectivity index (χ0) is 50.1. The van der Waals surface area contributed by atoms with Gasteiger partial charge >= 0.3 is 0 Å². The molecule has 0 radical (unpaired) electrons. The molecule has 0 aliphatic carbocycles. The fraction of sp³-hybridized carbons (Fsp3) is 0.0172. The highest BCUT2D eigenvalue weighted by Crippen LogP contribution is 2.45. The van der Waals surface area contributed by atoms with Gasteiger partial charge in [0.15, 0.2) is 64.0 Å². The van der Waals surface area contributed by atoms with Gasteiger partial charge in [-0.25, -0.2) is 54.5 Å². The maximum Gasteiger partial charge on any atom is 0.200 e. The Hall–Kier alpha value is -9.24. The van der Waals surface area contributed by atoms with E-state index in [9.17, 15) is 8.78 Å². The van der Waals surface area contributed by atoms with Gasteiger partial charge in [0.2, 0.25) is 5.82 Å². The molecule has 6 nitrogen and oxygen atoms in total. The van der Waals surface area contributed by atoms with Gasteiger partial charge in [-0.15, -0.1) is 0 Å². The molecule has 354 valence electrons. The van der Waals surface area contributed by atoms with Gasteiger partial charge in [-0.2, -0.15) is 0 Å².